The van der Waals surface area contributed by atoms with Crippen LogP contribution in [0.4, 0.5) is 0 Å². The maximum absolute atomic E-state index is 12.4. The number of hydrogen-bond acceptors (Lipinski definition) is 5. The van der Waals surface area contributed by atoms with Crippen molar-refractivity contribution in [1.29, 1.82) is 0 Å². The van der Waals surface area contributed by atoms with E-state index in [4.69, 9.17) is 4.74 Å². The molecular formula is C18H34N4O3. The van der Waals surface area contributed by atoms with Gasteiger partial charge in [0.25, 0.3) is 0 Å². The largest absolute Gasteiger partial charge is 0.501 e. The maximum Gasteiger partial charge on any atom is 0.242 e. The van der Waals surface area contributed by atoms with Gasteiger partial charge in [0, 0.05) is 25.6 Å². The van der Waals surface area contributed by atoms with Crippen molar-refractivity contribution in [2.24, 2.45) is 5.92 Å². The Morgan fingerprint density at radius 1 is 1.24 bits per heavy atom. The van der Waals surface area contributed by atoms with Crippen molar-refractivity contribution < 1.29 is 14.3 Å². The summed E-state index contributed by atoms with van der Waals surface area (Å²) in [5.41, 5.74) is 1.29. The van der Waals surface area contributed by atoms with Gasteiger partial charge in [-0.2, -0.15) is 0 Å². The molecule has 1 rings (SSSR count). The van der Waals surface area contributed by atoms with Crippen LogP contribution in [0.2, 0.25) is 0 Å². The molecule has 1 aliphatic heterocycles. The van der Waals surface area contributed by atoms with Gasteiger partial charge in [0.15, 0.2) is 0 Å². The van der Waals surface area contributed by atoms with Crippen molar-refractivity contribution >= 4 is 11.8 Å². The van der Waals surface area contributed by atoms with Crippen LogP contribution < -0.4 is 21.3 Å². The number of ether oxygens (including phenoxy) is 1. The van der Waals surface area contributed by atoms with E-state index in [2.05, 4.69) is 21.3 Å². The smallest absolute Gasteiger partial charge is 0.242 e. The predicted molar refractivity (Wildman–Crippen MR) is 99.0 cm³/mol. The molecule has 0 saturated carbocycles. The number of likely N-dealkylation sites (N-methyl/N-ethyl adjacent to an activating group) is 2. The Morgan fingerprint density at radius 3 is 2.48 bits per heavy atom. The number of carbonyl (C=O) groups excluding carboxylic acids is 2. The van der Waals surface area contributed by atoms with Crippen LogP contribution in [-0.4, -0.2) is 56.7 Å². The van der Waals surface area contributed by atoms with Gasteiger partial charge in [-0.25, -0.2) is 0 Å². The zero-order chi connectivity index (χ0) is 18.8. The standard InChI is InChI=1S/C18H34N4O3/c1-6-20-18(24)16(12(2)3)22-17(23)13(4)21-10-15(19-5)9-14-7-8-25-11-14/h11-13,15-16,19,21H,6-10H2,1-5H3,(H,20,24)(H,22,23)/t13-,15?,16-/m0/s1. The molecule has 25 heavy (non-hydrogen) atoms. The minimum atomic E-state index is -0.516. The van der Waals surface area contributed by atoms with Gasteiger partial charge < -0.3 is 26.0 Å². The van der Waals surface area contributed by atoms with E-state index in [1.54, 1.807) is 0 Å². The van der Waals surface area contributed by atoms with Crippen LogP contribution in [0, 0.1) is 5.92 Å². The van der Waals surface area contributed by atoms with Gasteiger partial charge >= 0.3 is 0 Å². The molecule has 0 radical (unpaired) electrons. The Labute approximate surface area is 151 Å². The first kappa shape index (κ1) is 21.4. The average Bonchev–Trinajstić information content (AvgIpc) is 3.08. The summed E-state index contributed by atoms with van der Waals surface area (Å²) in [6, 6.07) is -0.662. The zero-order valence-corrected chi connectivity index (χ0v) is 16.1. The first-order valence-corrected chi connectivity index (χ1v) is 9.17. The Balaban J connectivity index is 2.46. The monoisotopic (exact) mass is 354 g/mol. The normalized spacial score (nSPS) is 17.4. The Kier molecular flexibility index (Phi) is 9.52. The molecule has 0 aromatic carbocycles. The minimum Gasteiger partial charge on any atom is -0.501 e. The molecule has 7 nitrogen and oxygen atoms in total. The van der Waals surface area contributed by atoms with Gasteiger partial charge in [-0.1, -0.05) is 13.8 Å². The fraction of sp³-hybridized carbons (Fsp3) is 0.778. The molecule has 1 heterocycles. The summed E-state index contributed by atoms with van der Waals surface area (Å²) in [4.78, 5) is 24.5. The highest BCUT2D eigenvalue weighted by atomic mass is 16.5. The number of amides is 2. The summed E-state index contributed by atoms with van der Waals surface area (Å²) in [6.07, 6.45) is 3.70. The van der Waals surface area contributed by atoms with Crippen molar-refractivity contribution in [2.75, 3.05) is 26.7 Å². The minimum absolute atomic E-state index is 0.0297. The van der Waals surface area contributed by atoms with Crippen LogP contribution in [0.1, 0.15) is 40.5 Å². The topological polar surface area (TPSA) is 91.5 Å². The lowest BCUT2D eigenvalue weighted by Crippen LogP contribution is -2.55. The lowest BCUT2D eigenvalue weighted by atomic mass is 10.0. The van der Waals surface area contributed by atoms with Crippen LogP contribution in [0.5, 0.6) is 0 Å². The zero-order valence-electron chi connectivity index (χ0n) is 16.1. The molecule has 1 unspecified atom stereocenters. The molecule has 0 spiro atoms. The predicted octanol–water partition coefficient (Wildman–Crippen LogP) is 0.524. The third-order valence-electron chi connectivity index (χ3n) is 4.37. The number of rotatable bonds is 11. The second-order valence-electron chi connectivity index (χ2n) is 6.84. The summed E-state index contributed by atoms with van der Waals surface area (Å²) >= 11 is 0. The van der Waals surface area contributed by atoms with Crippen LogP contribution in [-0.2, 0) is 14.3 Å². The van der Waals surface area contributed by atoms with Crippen LogP contribution in [0.3, 0.4) is 0 Å². The van der Waals surface area contributed by atoms with Gasteiger partial charge in [0.05, 0.1) is 18.9 Å². The third-order valence-corrected chi connectivity index (χ3v) is 4.37. The fourth-order valence-corrected chi connectivity index (χ4v) is 2.68. The number of nitrogens with one attached hydrogen (secondary N) is 4. The van der Waals surface area contributed by atoms with E-state index in [-0.39, 0.29) is 29.8 Å². The van der Waals surface area contributed by atoms with Crippen molar-refractivity contribution in [2.45, 2.75) is 58.7 Å². The molecular weight excluding hydrogens is 320 g/mol. The molecule has 3 atom stereocenters. The van der Waals surface area contributed by atoms with Crippen molar-refractivity contribution in [1.82, 2.24) is 21.3 Å². The van der Waals surface area contributed by atoms with Crippen LogP contribution >= 0.6 is 0 Å². The first-order chi connectivity index (χ1) is 11.9. The second kappa shape index (κ2) is 11.1. The summed E-state index contributed by atoms with van der Waals surface area (Å²) in [5.74, 6) is -0.274. The van der Waals surface area contributed by atoms with E-state index in [9.17, 15) is 9.59 Å². The van der Waals surface area contributed by atoms with E-state index >= 15 is 0 Å². The number of carbonyl (C=O) groups is 2. The lowest BCUT2D eigenvalue weighted by molar-refractivity contribution is -0.130. The van der Waals surface area contributed by atoms with Gasteiger partial charge in [-0.05, 0) is 38.8 Å². The first-order valence-electron chi connectivity index (χ1n) is 9.17. The quantitative estimate of drug-likeness (QED) is 0.434. The molecule has 0 saturated heterocycles. The van der Waals surface area contributed by atoms with Crippen molar-refractivity contribution in [3.63, 3.8) is 0 Å². The average molecular weight is 354 g/mol. The highest BCUT2D eigenvalue weighted by Crippen LogP contribution is 2.15. The van der Waals surface area contributed by atoms with E-state index in [1.165, 1.54) is 5.57 Å². The molecule has 0 aromatic heterocycles. The van der Waals surface area contributed by atoms with Gasteiger partial charge in [-0.15, -0.1) is 0 Å². The Morgan fingerprint density at radius 2 is 1.96 bits per heavy atom. The van der Waals surface area contributed by atoms with E-state index < -0.39 is 6.04 Å². The van der Waals surface area contributed by atoms with E-state index in [1.807, 2.05) is 41.0 Å². The molecule has 4 N–H and O–H groups in total. The van der Waals surface area contributed by atoms with E-state index in [0.717, 1.165) is 19.4 Å². The maximum atomic E-state index is 12.4. The van der Waals surface area contributed by atoms with Crippen molar-refractivity contribution in [3.8, 4) is 0 Å². The molecule has 2 amide bonds. The van der Waals surface area contributed by atoms with Gasteiger partial charge in [-0.3, -0.25) is 9.59 Å². The summed E-state index contributed by atoms with van der Waals surface area (Å²) in [6.45, 7) is 9.50. The second-order valence-corrected chi connectivity index (χ2v) is 6.84. The Hall–Kier alpha value is -1.60. The Bertz CT molecular complexity index is 465. The van der Waals surface area contributed by atoms with Crippen LogP contribution in [0.25, 0.3) is 0 Å². The lowest BCUT2D eigenvalue weighted by Gasteiger charge is -2.25. The van der Waals surface area contributed by atoms with Crippen molar-refractivity contribution in [3.05, 3.63) is 11.8 Å². The van der Waals surface area contributed by atoms with E-state index in [0.29, 0.717) is 13.1 Å². The summed E-state index contributed by atoms with van der Waals surface area (Å²) in [7, 11) is 1.91. The summed E-state index contributed by atoms with van der Waals surface area (Å²) in [5, 5.41) is 12.1. The fourth-order valence-electron chi connectivity index (χ4n) is 2.68. The third kappa shape index (κ3) is 7.44. The SMILES string of the molecule is CCNC(=O)[C@@H](NC(=O)[C@H](C)NCC(CC1=COCC1)NC)C(C)C. The molecule has 0 bridgehead atoms. The molecule has 1 aliphatic rings. The highest BCUT2D eigenvalue weighted by molar-refractivity contribution is 5.89. The summed E-state index contributed by atoms with van der Waals surface area (Å²) < 4.78 is 5.26. The van der Waals surface area contributed by atoms with Crippen LogP contribution in [0.15, 0.2) is 11.8 Å². The molecule has 7 heteroatoms. The molecule has 0 aliphatic carbocycles. The highest BCUT2D eigenvalue weighted by Gasteiger charge is 2.26. The molecule has 0 aromatic rings. The molecule has 0 fully saturated rings. The van der Waals surface area contributed by atoms with Gasteiger partial charge in [0.2, 0.25) is 11.8 Å². The molecule has 144 valence electrons. The number of hydrogen-bond donors (Lipinski definition) is 4. The van der Waals surface area contributed by atoms with Gasteiger partial charge in [0.1, 0.15) is 6.04 Å².